The topological polar surface area (TPSA) is 98.5 Å². The van der Waals surface area contributed by atoms with Crippen molar-refractivity contribution >= 4 is 29.2 Å². The van der Waals surface area contributed by atoms with Gasteiger partial charge in [0.15, 0.2) is 0 Å². The van der Waals surface area contributed by atoms with E-state index in [1.54, 1.807) is 24.3 Å². The molecule has 0 spiro atoms. The fraction of sp³-hybridized carbons (Fsp3) is 0.125. The fourth-order valence-electron chi connectivity index (χ4n) is 1.84. The molecule has 2 aromatic carbocycles. The molecular formula is C16H13ClN2O5. The number of nitro benzene ring substituents is 1. The first-order valence-electron chi connectivity index (χ1n) is 6.89. The van der Waals surface area contributed by atoms with Crippen LogP contribution in [0.3, 0.4) is 0 Å². The molecule has 0 unspecified atom stereocenters. The Kier molecular flexibility index (Phi) is 5.86. The number of halogens is 1. The van der Waals surface area contributed by atoms with E-state index in [4.69, 9.17) is 16.3 Å². The van der Waals surface area contributed by atoms with Crippen LogP contribution < -0.4 is 5.32 Å². The summed E-state index contributed by atoms with van der Waals surface area (Å²) in [5.41, 5.74) is 0.532. The molecule has 124 valence electrons. The molecule has 0 aliphatic rings. The lowest BCUT2D eigenvalue weighted by molar-refractivity contribution is -0.384. The van der Waals surface area contributed by atoms with Crippen LogP contribution in [0.5, 0.6) is 0 Å². The standard InChI is InChI=1S/C16H13ClN2O5/c17-14-7-2-1-4-12(14)10-24-15(20)9-18-16(21)11-5-3-6-13(8-11)19(22)23/h1-8H,9-10H2,(H,18,21). The van der Waals surface area contributed by atoms with Gasteiger partial charge in [0.1, 0.15) is 13.2 Å². The number of nitrogens with zero attached hydrogens (tertiary/aromatic N) is 1. The third-order valence-electron chi connectivity index (χ3n) is 3.06. The summed E-state index contributed by atoms with van der Waals surface area (Å²) < 4.78 is 5.01. The highest BCUT2D eigenvalue weighted by Crippen LogP contribution is 2.15. The van der Waals surface area contributed by atoms with Gasteiger partial charge in [-0.2, -0.15) is 0 Å². The van der Waals surface area contributed by atoms with Crippen molar-refractivity contribution in [3.63, 3.8) is 0 Å². The van der Waals surface area contributed by atoms with E-state index in [0.29, 0.717) is 10.6 Å². The van der Waals surface area contributed by atoms with Crippen molar-refractivity contribution in [1.29, 1.82) is 0 Å². The monoisotopic (exact) mass is 348 g/mol. The Hall–Kier alpha value is -2.93. The van der Waals surface area contributed by atoms with Crippen LogP contribution in [0.25, 0.3) is 0 Å². The van der Waals surface area contributed by atoms with Crippen LogP contribution in [-0.2, 0) is 16.1 Å². The molecule has 1 amide bonds. The van der Waals surface area contributed by atoms with Gasteiger partial charge in [0.25, 0.3) is 11.6 Å². The van der Waals surface area contributed by atoms with Gasteiger partial charge in [-0.05, 0) is 12.1 Å². The third kappa shape index (κ3) is 4.79. The minimum atomic E-state index is -0.645. The molecule has 0 aliphatic carbocycles. The first-order chi connectivity index (χ1) is 11.5. The van der Waals surface area contributed by atoms with Gasteiger partial charge in [-0.1, -0.05) is 35.9 Å². The number of hydrogen-bond acceptors (Lipinski definition) is 5. The highest BCUT2D eigenvalue weighted by Gasteiger charge is 2.13. The number of hydrogen-bond donors (Lipinski definition) is 1. The molecule has 0 fully saturated rings. The zero-order valence-corrected chi connectivity index (χ0v) is 13.2. The van der Waals surface area contributed by atoms with E-state index >= 15 is 0 Å². The maximum Gasteiger partial charge on any atom is 0.325 e. The van der Waals surface area contributed by atoms with E-state index in [1.165, 1.54) is 18.2 Å². The van der Waals surface area contributed by atoms with E-state index in [-0.39, 0.29) is 24.4 Å². The van der Waals surface area contributed by atoms with Crippen LogP contribution in [0, 0.1) is 10.1 Å². The summed E-state index contributed by atoms with van der Waals surface area (Å²) in [6.45, 7) is -0.364. The molecule has 2 rings (SSSR count). The molecule has 0 aliphatic heterocycles. The zero-order valence-electron chi connectivity index (χ0n) is 12.4. The van der Waals surface area contributed by atoms with Crippen LogP contribution in [-0.4, -0.2) is 23.3 Å². The van der Waals surface area contributed by atoms with E-state index in [9.17, 15) is 19.7 Å². The Bertz CT molecular complexity index is 779. The molecular weight excluding hydrogens is 336 g/mol. The molecule has 0 atom stereocenters. The average molecular weight is 349 g/mol. The summed E-state index contributed by atoms with van der Waals surface area (Å²) in [6.07, 6.45) is 0. The lowest BCUT2D eigenvalue weighted by atomic mass is 10.2. The zero-order chi connectivity index (χ0) is 17.5. The van der Waals surface area contributed by atoms with Gasteiger partial charge in [0, 0.05) is 28.3 Å². The lowest BCUT2D eigenvalue weighted by Gasteiger charge is -2.07. The van der Waals surface area contributed by atoms with Gasteiger partial charge in [0.05, 0.1) is 4.92 Å². The van der Waals surface area contributed by atoms with Crippen molar-refractivity contribution in [3.05, 3.63) is 74.8 Å². The second kappa shape index (κ2) is 8.07. The number of esters is 1. The quantitative estimate of drug-likeness (QED) is 0.491. The first-order valence-corrected chi connectivity index (χ1v) is 7.27. The van der Waals surface area contributed by atoms with Crippen LogP contribution >= 0.6 is 11.6 Å². The molecule has 0 radical (unpaired) electrons. The predicted octanol–water partition coefficient (Wildman–Crippen LogP) is 2.72. The van der Waals surface area contributed by atoms with Crippen LogP contribution in [0.15, 0.2) is 48.5 Å². The highest BCUT2D eigenvalue weighted by molar-refractivity contribution is 6.31. The van der Waals surface area contributed by atoms with Crippen molar-refractivity contribution in [2.24, 2.45) is 0 Å². The van der Waals surface area contributed by atoms with E-state index in [0.717, 1.165) is 6.07 Å². The summed E-state index contributed by atoms with van der Waals surface area (Å²) in [7, 11) is 0. The molecule has 2 aromatic rings. The van der Waals surface area contributed by atoms with Crippen LogP contribution in [0.4, 0.5) is 5.69 Å². The number of non-ortho nitro benzene ring substituents is 1. The number of amides is 1. The maximum absolute atomic E-state index is 11.9. The predicted molar refractivity (Wildman–Crippen MR) is 86.7 cm³/mol. The Morgan fingerprint density at radius 3 is 2.62 bits per heavy atom. The highest BCUT2D eigenvalue weighted by atomic mass is 35.5. The van der Waals surface area contributed by atoms with E-state index in [2.05, 4.69) is 5.32 Å². The maximum atomic E-state index is 11.9. The summed E-state index contributed by atoms with van der Waals surface area (Å²) in [4.78, 5) is 33.6. The molecule has 1 N–H and O–H groups in total. The van der Waals surface area contributed by atoms with Crippen molar-refractivity contribution in [2.75, 3.05) is 6.54 Å². The minimum absolute atomic E-state index is 0.00874. The Labute approximate surface area is 142 Å². The number of carbonyl (C=O) groups excluding carboxylic acids is 2. The molecule has 0 heterocycles. The van der Waals surface area contributed by atoms with E-state index < -0.39 is 16.8 Å². The third-order valence-corrected chi connectivity index (χ3v) is 3.43. The molecule has 0 saturated heterocycles. The Balaban J connectivity index is 1.85. The molecule has 0 bridgehead atoms. The molecule has 0 aromatic heterocycles. The van der Waals surface area contributed by atoms with Crippen LogP contribution in [0.2, 0.25) is 5.02 Å². The fourth-order valence-corrected chi connectivity index (χ4v) is 2.03. The van der Waals surface area contributed by atoms with Crippen molar-refractivity contribution in [3.8, 4) is 0 Å². The number of nitrogens with one attached hydrogen (secondary N) is 1. The van der Waals surface area contributed by atoms with Crippen molar-refractivity contribution in [2.45, 2.75) is 6.61 Å². The second-order valence-electron chi connectivity index (χ2n) is 4.74. The summed E-state index contributed by atoms with van der Waals surface area (Å²) in [5.74, 6) is -1.25. The van der Waals surface area contributed by atoms with E-state index in [1.807, 2.05) is 0 Å². The van der Waals surface area contributed by atoms with Crippen molar-refractivity contribution in [1.82, 2.24) is 5.32 Å². The number of carbonyl (C=O) groups is 2. The largest absolute Gasteiger partial charge is 0.459 e. The van der Waals surface area contributed by atoms with Gasteiger partial charge >= 0.3 is 5.97 Å². The van der Waals surface area contributed by atoms with Crippen molar-refractivity contribution < 1.29 is 19.2 Å². The smallest absolute Gasteiger partial charge is 0.325 e. The average Bonchev–Trinajstić information content (AvgIpc) is 2.59. The van der Waals surface area contributed by atoms with Gasteiger partial charge in [-0.3, -0.25) is 19.7 Å². The normalized spacial score (nSPS) is 10.0. The molecule has 24 heavy (non-hydrogen) atoms. The first kappa shape index (κ1) is 17.4. The SMILES string of the molecule is O=C(CNC(=O)c1cccc([N+](=O)[O-])c1)OCc1ccccc1Cl. The molecule has 0 saturated carbocycles. The lowest BCUT2D eigenvalue weighted by Crippen LogP contribution is -2.30. The van der Waals surface area contributed by atoms with Gasteiger partial charge < -0.3 is 10.1 Å². The Morgan fingerprint density at radius 1 is 1.17 bits per heavy atom. The van der Waals surface area contributed by atoms with Crippen LogP contribution in [0.1, 0.15) is 15.9 Å². The minimum Gasteiger partial charge on any atom is -0.459 e. The van der Waals surface area contributed by atoms with Gasteiger partial charge in [-0.25, -0.2) is 0 Å². The molecule has 8 heteroatoms. The number of benzene rings is 2. The number of nitro groups is 1. The summed E-state index contributed by atoms with van der Waals surface area (Å²) in [5, 5.41) is 13.5. The van der Waals surface area contributed by atoms with Gasteiger partial charge in [0.2, 0.25) is 0 Å². The van der Waals surface area contributed by atoms with Gasteiger partial charge in [-0.15, -0.1) is 0 Å². The Morgan fingerprint density at radius 2 is 1.92 bits per heavy atom. The second-order valence-corrected chi connectivity index (χ2v) is 5.15. The molecule has 7 nitrogen and oxygen atoms in total. The summed E-state index contributed by atoms with van der Waals surface area (Å²) >= 11 is 5.94. The number of rotatable bonds is 6. The summed E-state index contributed by atoms with van der Waals surface area (Å²) in [6, 6.07) is 12.1. The number of ether oxygens (including phenoxy) is 1.